The third-order valence-corrected chi connectivity index (χ3v) is 3.75. The van der Waals surface area contributed by atoms with Crippen LogP contribution in [0, 0.1) is 11.8 Å². The Labute approximate surface area is 82.5 Å². The van der Waals surface area contributed by atoms with Crippen LogP contribution >= 0.6 is 0 Å². The van der Waals surface area contributed by atoms with E-state index in [2.05, 4.69) is 20.8 Å². The zero-order chi connectivity index (χ0) is 9.90. The normalized spacial score (nSPS) is 21.9. The first-order chi connectivity index (χ1) is 6.16. The lowest BCUT2D eigenvalue weighted by atomic mass is 9.82. The maximum atomic E-state index is 10.4. The molecule has 13 heavy (non-hydrogen) atoms. The highest BCUT2D eigenvalue weighted by atomic mass is 16.3. The molecule has 0 heterocycles. The van der Waals surface area contributed by atoms with Crippen molar-refractivity contribution in [3.63, 3.8) is 0 Å². The maximum Gasteiger partial charge on any atom is 0.0675 e. The molecule has 0 saturated heterocycles. The minimum Gasteiger partial charge on any atom is -0.390 e. The van der Waals surface area contributed by atoms with Crippen LogP contribution in [0.15, 0.2) is 0 Å². The summed E-state index contributed by atoms with van der Waals surface area (Å²) < 4.78 is 0. The summed E-state index contributed by atoms with van der Waals surface area (Å²) in [5.41, 5.74) is -0.323. The molecule has 1 nitrogen and oxygen atoms in total. The van der Waals surface area contributed by atoms with Crippen LogP contribution in [0.2, 0.25) is 0 Å². The Morgan fingerprint density at radius 1 is 1.23 bits per heavy atom. The van der Waals surface area contributed by atoms with E-state index < -0.39 is 0 Å². The molecule has 1 N–H and O–H groups in total. The summed E-state index contributed by atoms with van der Waals surface area (Å²) >= 11 is 0. The predicted molar refractivity (Wildman–Crippen MR) is 56.7 cm³/mol. The summed E-state index contributed by atoms with van der Waals surface area (Å²) in [6.07, 6.45) is 6.90. The van der Waals surface area contributed by atoms with Crippen molar-refractivity contribution in [2.75, 3.05) is 0 Å². The van der Waals surface area contributed by atoms with Crippen molar-refractivity contribution in [3.05, 3.63) is 0 Å². The van der Waals surface area contributed by atoms with Gasteiger partial charge >= 0.3 is 0 Å². The molecule has 0 aromatic rings. The molecule has 1 unspecified atom stereocenters. The highest BCUT2D eigenvalue weighted by molar-refractivity contribution is 4.94. The van der Waals surface area contributed by atoms with E-state index in [0.29, 0.717) is 5.92 Å². The second-order valence-electron chi connectivity index (χ2n) is 4.62. The maximum absolute atomic E-state index is 10.4. The molecule has 1 saturated carbocycles. The molecule has 0 aromatic carbocycles. The summed E-state index contributed by atoms with van der Waals surface area (Å²) in [5, 5.41) is 10.4. The van der Waals surface area contributed by atoms with Crippen molar-refractivity contribution in [1.29, 1.82) is 0 Å². The Bertz CT molecular complexity index is 147. The van der Waals surface area contributed by atoms with Gasteiger partial charge in [0.15, 0.2) is 0 Å². The Kier molecular flexibility index (Phi) is 3.78. The number of hydrogen-bond acceptors (Lipinski definition) is 1. The average Bonchev–Trinajstić information content (AvgIpc) is 2.97. The van der Waals surface area contributed by atoms with Crippen molar-refractivity contribution >= 4 is 0 Å². The minimum absolute atomic E-state index is 0.323. The van der Waals surface area contributed by atoms with Crippen LogP contribution in [0.4, 0.5) is 0 Å². The van der Waals surface area contributed by atoms with Gasteiger partial charge in [0, 0.05) is 0 Å². The topological polar surface area (TPSA) is 20.2 Å². The highest BCUT2D eigenvalue weighted by Crippen LogP contribution is 2.45. The highest BCUT2D eigenvalue weighted by Gasteiger charge is 2.42. The van der Waals surface area contributed by atoms with E-state index in [9.17, 15) is 5.11 Å². The number of hydrogen-bond donors (Lipinski definition) is 1. The monoisotopic (exact) mass is 184 g/mol. The fourth-order valence-electron chi connectivity index (χ4n) is 2.30. The average molecular weight is 184 g/mol. The Morgan fingerprint density at radius 3 is 2.08 bits per heavy atom. The van der Waals surface area contributed by atoms with Gasteiger partial charge < -0.3 is 5.11 Å². The lowest BCUT2D eigenvalue weighted by Gasteiger charge is -2.30. The zero-order valence-corrected chi connectivity index (χ0v) is 9.34. The molecule has 0 radical (unpaired) electrons. The smallest absolute Gasteiger partial charge is 0.0675 e. The van der Waals surface area contributed by atoms with E-state index in [1.807, 2.05) is 0 Å². The molecule has 78 valence electrons. The lowest BCUT2D eigenvalue weighted by Crippen LogP contribution is -2.33. The quantitative estimate of drug-likeness (QED) is 0.671. The third-order valence-electron chi connectivity index (χ3n) is 3.75. The molecule has 1 fully saturated rings. The molecular formula is C12H24O. The molecule has 1 atom stereocenters. The number of rotatable bonds is 6. The summed E-state index contributed by atoms with van der Waals surface area (Å²) in [7, 11) is 0. The largest absolute Gasteiger partial charge is 0.390 e. The van der Waals surface area contributed by atoms with Crippen LogP contribution in [-0.2, 0) is 0 Å². The molecular weight excluding hydrogens is 160 g/mol. The lowest BCUT2D eigenvalue weighted by molar-refractivity contribution is -0.0107. The second kappa shape index (κ2) is 4.45. The Balaban J connectivity index is 2.45. The first-order valence-corrected chi connectivity index (χ1v) is 5.88. The zero-order valence-electron chi connectivity index (χ0n) is 9.34. The molecule has 1 heteroatoms. The Hall–Kier alpha value is -0.0400. The van der Waals surface area contributed by atoms with Crippen LogP contribution in [0.5, 0.6) is 0 Å². The van der Waals surface area contributed by atoms with Crippen LogP contribution < -0.4 is 0 Å². The molecule has 1 aliphatic carbocycles. The van der Waals surface area contributed by atoms with E-state index in [1.54, 1.807) is 0 Å². The van der Waals surface area contributed by atoms with Crippen molar-refractivity contribution in [2.24, 2.45) is 11.8 Å². The third kappa shape index (κ3) is 2.70. The fraction of sp³-hybridized carbons (Fsp3) is 1.00. The van der Waals surface area contributed by atoms with Crippen molar-refractivity contribution in [1.82, 2.24) is 0 Å². The molecule has 0 spiro atoms. The van der Waals surface area contributed by atoms with Crippen molar-refractivity contribution in [2.45, 2.75) is 64.9 Å². The van der Waals surface area contributed by atoms with E-state index in [0.717, 1.165) is 18.8 Å². The summed E-state index contributed by atoms with van der Waals surface area (Å²) in [4.78, 5) is 0. The van der Waals surface area contributed by atoms with Crippen LogP contribution in [0.1, 0.15) is 59.3 Å². The van der Waals surface area contributed by atoms with Crippen molar-refractivity contribution < 1.29 is 5.11 Å². The molecule has 0 aromatic heterocycles. The van der Waals surface area contributed by atoms with Crippen molar-refractivity contribution in [3.8, 4) is 0 Å². The first kappa shape index (κ1) is 11.0. The van der Waals surface area contributed by atoms with E-state index >= 15 is 0 Å². The summed E-state index contributed by atoms with van der Waals surface area (Å²) in [6, 6.07) is 0. The summed E-state index contributed by atoms with van der Waals surface area (Å²) in [6.45, 7) is 6.59. The van der Waals surface area contributed by atoms with Crippen LogP contribution in [-0.4, -0.2) is 10.7 Å². The van der Waals surface area contributed by atoms with E-state index in [-0.39, 0.29) is 5.60 Å². The van der Waals surface area contributed by atoms with Gasteiger partial charge in [0.05, 0.1) is 5.60 Å². The van der Waals surface area contributed by atoms with Gasteiger partial charge in [0.25, 0.3) is 0 Å². The SMILES string of the molecule is CCC(CC)CC(O)(CC)C1CC1. The van der Waals surface area contributed by atoms with E-state index in [1.165, 1.54) is 25.7 Å². The first-order valence-electron chi connectivity index (χ1n) is 5.88. The molecule has 1 aliphatic rings. The number of aliphatic hydroxyl groups is 1. The summed E-state index contributed by atoms with van der Waals surface area (Å²) in [5.74, 6) is 1.35. The van der Waals surface area contributed by atoms with Gasteiger partial charge in [-0.25, -0.2) is 0 Å². The van der Waals surface area contributed by atoms with Crippen LogP contribution in [0.3, 0.4) is 0 Å². The minimum atomic E-state index is -0.323. The molecule has 1 rings (SSSR count). The molecule has 0 amide bonds. The van der Waals surface area contributed by atoms with Gasteiger partial charge in [0.2, 0.25) is 0 Å². The van der Waals surface area contributed by atoms with Gasteiger partial charge in [-0.15, -0.1) is 0 Å². The van der Waals surface area contributed by atoms with Gasteiger partial charge in [-0.1, -0.05) is 33.6 Å². The van der Waals surface area contributed by atoms with Gasteiger partial charge in [-0.3, -0.25) is 0 Å². The van der Waals surface area contributed by atoms with Gasteiger partial charge in [-0.2, -0.15) is 0 Å². The Morgan fingerprint density at radius 2 is 1.77 bits per heavy atom. The van der Waals surface area contributed by atoms with Crippen LogP contribution in [0.25, 0.3) is 0 Å². The van der Waals surface area contributed by atoms with E-state index in [4.69, 9.17) is 0 Å². The molecule has 0 bridgehead atoms. The molecule has 0 aliphatic heterocycles. The van der Waals surface area contributed by atoms with Gasteiger partial charge in [-0.05, 0) is 37.5 Å². The second-order valence-corrected chi connectivity index (χ2v) is 4.62. The fourth-order valence-corrected chi connectivity index (χ4v) is 2.30. The van der Waals surface area contributed by atoms with Gasteiger partial charge in [0.1, 0.15) is 0 Å². The standard InChI is InChI=1S/C12H24O/c1-4-10(5-2)9-12(13,6-3)11-7-8-11/h10-11,13H,4-9H2,1-3H3. The predicted octanol–water partition coefficient (Wildman–Crippen LogP) is 3.36.